The van der Waals surface area contributed by atoms with Gasteiger partial charge in [-0.1, -0.05) is 62.8 Å². The van der Waals surface area contributed by atoms with Crippen LogP contribution in [0, 0.1) is 6.58 Å². The van der Waals surface area contributed by atoms with E-state index in [0.29, 0.717) is 11.2 Å². The van der Waals surface area contributed by atoms with Gasteiger partial charge in [-0.25, -0.2) is 0 Å². The van der Waals surface area contributed by atoms with Crippen molar-refractivity contribution in [2.24, 2.45) is 0 Å². The molecule has 0 saturated heterocycles. The molecule has 16 heavy (non-hydrogen) atoms. The molecule has 1 rings (SSSR count). The van der Waals surface area contributed by atoms with Crippen LogP contribution in [0.5, 0.6) is 0 Å². The maximum atomic E-state index is 5.75. The predicted octanol–water partition coefficient (Wildman–Crippen LogP) is 4.68. The van der Waals surface area contributed by atoms with Gasteiger partial charge < -0.3 is 0 Å². The van der Waals surface area contributed by atoms with E-state index in [4.69, 9.17) is 6.58 Å². The summed E-state index contributed by atoms with van der Waals surface area (Å²) in [4.78, 5) is 0. The van der Waals surface area contributed by atoms with Gasteiger partial charge in [-0.05, 0) is 24.2 Å². The lowest BCUT2D eigenvalue weighted by atomic mass is 9.90. The van der Waals surface area contributed by atoms with Crippen LogP contribution in [0.3, 0.4) is 0 Å². The van der Waals surface area contributed by atoms with Crippen molar-refractivity contribution in [3.63, 3.8) is 0 Å². The van der Waals surface area contributed by atoms with Crippen LogP contribution >= 0.6 is 11.8 Å². The maximum Gasteiger partial charge on any atom is 0.0296 e. The minimum Gasteiger partial charge on any atom is -0.157 e. The van der Waals surface area contributed by atoms with E-state index in [1.165, 1.54) is 24.8 Å². The van der Waals surface area contributed by atoms with Gasteiger partial charge >= 0.3 is 0 Å². The van der Waals surface area contributed by atoms with Crippen LogP contribution in [-0.4, -0.2) is 11.5 Å². The summed E-state index contributed by atoms with van der Waals surface area (Å²) in [5, 5.41) is 0.425. The van der Waals surface area contributed by atoms with Gasteiger partial charge in [-0.15, -0.1) is 0 Å². The Balaban J connectivity index is 2.82. The van der Waals surface area contributed by atoms with Gasteiger partial charge in [0.1, 0.15) is 0 Å². The normalized spacial score (nSPS) is 14.4. The molecular weight excluding hydrogens is 212 g/mol. The molecule has 0 nitrogen and oxygen atoms in total. The molecule has 2 unspecified atom stereocenters. The Morgan fingerprint density at radius 2 is 2.00 bits per heavy atom. The first-order valence-electron chi connectivity index (χ1n) is 5.96. The number of hydrogen-bond acceptors (Lipinski definition) is 1. The second-order valence-corrected chi connectivity index (χ2v) is 5.07. The number of benzene rings is 1. The van der Waals surface area contributed by atoms with Crippen molar-refractivity contribution in [3.8, 4) is 0 Å². The minimum atomic E-state index is 0.425. The smallest absolute Gasteiger partial charge is 0.0296 e. The molecule has 1 aromatic rings. The Morgan fingerprint density at radius 1 is 1.31 bits per heavy atom. The third kappa shape index (κ3) is 3.71. The van der Waals surface area contributed by atoms with Crippen molar-refractivity contribution in [3.05, 3.63) is 48.6 Å². The third-order valence-corrected chi connectivity index (χ3v) is 3.98. The molecule has 0 amide bonds. The highest BCUT2D eigenvalue weighted by Crippen LogP contribution is 2.32. The molecule has 0 fully saturated rings. The molecule has 1 radical (unpaired) electrons. The van der Waals surface area contributed by atoms with E-state index in [9.17, 15) is 0 Å². The van der Waals surface area contributed by atoms with E-state index >= 15 is 0 Å². The van der Waals surface area contributed by atoms with E-state index < -0.39 is 0 Å². The third-order valence-electron chi connectivity index (χ3n) is 2.95. The first kappa shape index (κ1) is 13.4. The molecule has 0 aromatic heterocycles. The van der Waals surface area contributed by atoms with Crippen molar-refractivity contribution in [2.75, 3.05) is 6.26 Å². The summed E-state index contributed by atoms with van der Waals surface area (Å²) in [5.41, 5.74) is 1.41. The molecule has 0 N–H and O–H groups in total. The van der Waals surface area contributed by atoms with Crippen LogP contribution in [0.15, 0.2) is 36.4 Å². The molecule has 2 atom stereocenters. The summed E-state index contributed by atoms with van der Waals surface area (Å²) in [6, 6.07) is 10.7. The van der Waals surface area contributed by atoms with Crippen molar-refractivity contribution in [1.29, 1.82) is 0 Å². The lowest BCUT2D eigenvalue weighted by molar-refractivity contribution is 0.598. The van der Waals surface area contributed by atoms with Gasteiger partial charge in [-0.2, -0.15) is 11.8 Å². The number of unbranched alkanes of at least 4 members (excludes halogenated alkanes) is 1. The SMILES string of the molecule is [CH]=CC(SC)C(CCCC)c1ccccc1. The number of thioether (sulfide) groups is 1. The van der Waals surface area contributed by atoms with E-state index in [2.05, 4.69) is 43.5 Å². The highest BCUT2D eigenvalue weighted by molar-refractivity contribution is 7.99. The number of rotatable bonds is 7. The van der Waals surface area contributed by atoms with E-state index in [1.807, 2.05) is 17.8 Å². The Bertz CT molecular complexity index is 292. The summed E-state index contributed by atoms with van der Waals surface area (Å²) in [6.45, 7) is 7.99. The fourth-order valence-corrected chi connectivity index (χ4v) is 2.80. The van der Waals surface area contributed by atoms with Crippen LogP contribution in [0.1, 0.15) is 37.7 Å². The lowest BCUT2D eigenvalue weighted by Gasteiger charge is -2.23. The molecule has 0 bridgehead atoms. The first-order valence-corrected chi connectivity index (χ1v) is 7.25. The highest BCUT2D eigenvalue weighted by Gasteiger charge is 2.18. The van der Waals surface area contributed by atoms with Gasteiger partial charge in [0.15, 0.2) is 0 Å². The summed E-state index contributed by atoms with van der Waals surface area (Å²) in [5.74, 6) is 0.557. The quantitative estimate of drug-likeness (QED) is 0.659. The Kier molecular flexibility index (Phi) is 6.32. The maximum absolute atomic E-state index is 5.75. The largest absolute Gasteiger partial charge is 0.157 e. The van der Waals surface area contributed by atoms with Crippen molar-refractivity contribution in [2.45, 2.75) is 37.4 Å². The average molecular weight is 233 g/mol. The molecule has 0 aliphatic heterocycles. The lowest BCUT2D eigenvalue weighted by Crippen LogP contribution is -2.12. The van der Waals surface area contributed by atoms with Crippen molar-refractivity contribution in [1.82, 2.24) is 0 Å². The predicted molar refractivity (Wildman–Crippen MR) is 74.9 cm³/mol. The molecule has 1 heteroatoms. The number of hydrogen-bond donors (Lipinski definition) is 0. The van der Waals surface area contributed by atoms with Gasteiger partial charge in [-0.3, -0.25) is 0 Å². The molecular formula is C15H21S. The Labute approximate surface area is 104 Å². The van der Waals surface area contributed by atoms with Gasteiger partial charge in [0.2, 0.25) is 0 Å². The molecule has 0 spiro atoms. The molecule has 0 saturated carbocycles. The fourth-order valence-electron chi connectivity index (χ4n) is 2.02. The molecule has 0 aliphatic rings. The van der Waals surface area contributed by atoms with Crippen LogP contribution in [-0.2, 0) is 0 Å². The van der Waals surface area contributed by atoms with E-state index in [-0.39, 0.29) is 0 Å². The van der Waals surface area contributed by atoms with Crippen LogP contribution < -0.4 is 0 Å². The second-order valence-electron chi connectivity index (χ2n) is 4.05. The zero-order valence-corrected chi connectivity index (χ0v) is 11.0. The van der Waals surface area contributed by atoms with Crippen LogP contribution in [0.25, 0.3) is 0 Å². The van der Waals surface area contributed by atoms with Crippen LogP contribution in [0.2, 0.25) is 0 Å². The fraction of sp³-hybridized carbons (Fsp3) is 0.467. The summed E-state index contributed by atoms with van der Waals surface area (Å²) in [6.07, 6.45) is 7.72. The first-order chi connectivity index (χ1) is 7.83. The standard InChI is InChI=1S/C15H21S/c1-4-6-12-14(15(5-2)16-3)13-10-8-7-9-11-13/h2,5,7-11,14-15H,4,6,12H2,1,3H3. The second kappa shape index (κ2) is 7.56. The van der Waals surface area contributed by atoms with Crippen molar-refractivity contribution < 1.29 is 0 Å². The van der Waals surface area contributed by atoms with Crippen LogP contribution in [0.4, 0.5) is 0 Å². The van der Waals surface area contributed by atoms with Gasteiger partial charge in [0.05, 0.1) is 0 Å². The van der Waals surface area contributed by atoms with E-state index in [1.54, 1.807) is 0 Å². The highest BCUT2D eigenvalue weighted by atomic mass is 32.2. The van der Waals surface area contributed by atoms with Crippen molar-refractivity contribution >= 4 is 11.8 Å². The molecule has 0 heterocycles. The zero-order chi connectivity index (χ0) is 11.8. The zero-order valence-electron chi connectivity index (χ0n) is 10.2. The molecule has 1 aromatic carbocycles. The summed E-state index contributed by atoms with van der Waals surface area (Å²) >= 11 is 1.84. The topological polar surface area (TPSA) is 0 Å². The van der Waals surface area contributed by atoms with Gasteiger partial charge in [0, 0.05) is 5.25 Å². The Morgan fingerprint density at radius 3 is 2.50 bits per heavy atom. The summed E-state index contributed by atoms with van der Waals surface area (Å²) in [7, 11) is 0. The van der Waals surface area contributed by atoms with E-state index in [0.717, 1.165) is 0 Å². The molecule has 87 valence electrons. The minimum absolute atomic E-state index is 0.425. The molecule has 0 aliphatic carbocycles. The summed E-state index contributed by atoms with van der Waals surface area (Å²) < 4.78 is 0. The monoisotopic (exact) mass is 233 g/mol. The van der Waals surface area contributed by atoms with Gasteiger partial charge in [0.25, 0.3) is 0 Å². The Hall–Kier alpha value is -0.690. The average Bonchev–Trinajstić information content (AvgIpc) is 2.35.